The molecule has 2 aromatic heterocycles. The summed E-state index contributed by atoms with van der Waals surface area (Å²) < 4.78 is 0. The first kappa shape index (κ1) is 13.5. The summed E-state index contributed by atoms with van der Waals surface area (Å²) in [6, 6.07) is 5.63. The first-order chi connectivity index (χ1) is 10.3. The van der Waals surface area contributed by atoms with Crippen molar-refractivity contribution in [2.75, 3.05) is 18.0 Å². The number of amides is 1. The van der Waals surface area contributed by atoms with Crippen molar-refractivity contribution in [3.8, 4) is 11.4 Å². The van der Waals surface area contributed by atoms with Gasteiger partial charge in [0.15, 0.2) is 5.13 Å². The molecule has 0 saturated carbocycles. The third kappa shape index (κ3) is 2.86. The average Bonchev–Trinajstić information content (AvgIpc) is 3.12. The van der Waals surface area contributed by atoms with Crippen molar-refractivity contribution in [2.45, 2.75) is 6.42 Å². The van der Waals surface area contributed by atoms with Crippen LogP contribution in [0.3, 0.4) is 0 Å². The number of anilines is 1. The molecule has 3 rings (SSSR count). The van der Waals surface area contributed by atoms with E-state index in [4.69, 9.17) is 5.53 Å². The monoisotopic (exact) mass is 300 g/mol. The molecular formula is C13H12N6OS. The van der Waals surface area contributed by atoms with Gasteiger partial charge in [0.2, 0.25) is 5.91 Å². The van der Waals surface area contributed by atoms with Crippen LogP contribution in [0.15, 0.2) is 34.9 Å². The number of rotatable bonds is 4. The fraction of sp³-hybridized carbons (Fsp3) is 0.308. The highest BCUT2D eigenvalue weighted by atomic mass is 32.1. The molecule has 0 radical (unpaired) electrons. The summed E-state index contributed by atoms with van der Waals surface area (Å²) in [5.74, 6) is 0.0886. The van der Waals surface area contributed by atoms with Crippen LogP contribution in [0.1, 0.15) is 6.42 Å². The number of nitrogens with zero attached hydrogens (tertiary/aromatic N) is 6. The molecule has 1 aliphatic rings. The van der Waals surface area contributed by atoms with Gasteiger partial charge in [0.05, 0.1) is 5.69 Å². The smallest absolute Gasteiger partial charge is 0.229 e. The van der Waals surface area contributed by atoms with Crippen LogP contribution in [0, 0.1) is 5.92 Å². The largest absolute Gasteiger partial charge is 0.288 e. The Labute approximate surface area is 124 Å². The number of hydrogen-bond acceptors (Lipinski definition) is 5. The minimum Gasteiger partial charge on any atom is -0.288 e. The maximum Gasteiger partial charge on any atom is 0.229 e. The van der Waals surface area contributed by atoms with Gasteiger partial charge in [-0.3, -0.25) is 14.7 Å². The van der Waals surface area contributed by atoms with Crippen LogP contribution >= 0.6 is 11.3 Å². The molecule has 1 amide bonds. The molecule has 21 heavy (non-hydrogen) atoms. The zero-order valence-corrected chi connectivity index (χ0v) is 11.9. The number of carbonyl (C=O) groups is 1. The Morgan fingerprint density at radius 1 is 1.48 bits per heavy atom. The van der Waals surface area contributed by atoms with Crippen molar-refractivity contribution >= 4 is 22.4 Å². The molecule has 0 aromatic carbocycles. The van der Waals surface area contributed by atoms with E-state index in [1.54, 1.807) is 11.1 Å². The fourth-order valence-electron chi connectivity index (χ4n) is 2.26. The lowest BCUT2D eigenvalue weighted by molar-refractivity contribution is -0.117. The maximum absolute atomic E-state index is 12.0. The van der Waals surface area contributed by atoms with Gasteiger partial charge in [-0.15, -0.1) is 11.3 Å². The van der Waals surface area contributed by atoms with E-state index >= 15 is 0 Å². The molecule has 1 atom stereocenters. The van der Waals surface area contributed by atoms with Gasteiger partial charge in [-0.2, -0.15) is 0 Å². The Bertz CT molecular complexity index is 694. The lowest BCUT2D eigenvalue weighted by atomic mass is 10.1. The van der Waals surface area contributed by atoms with Crippen LogP contribution in [0.4, 0.5) is 5.13 Å². The van der Waals surface area contributed by atoms with Gasteiger partial charge < -0.3 is 0 Å². The van der Waals surface area contributed by atoms with E-state index < -0.39 is 0 Å². The molecule has 1 aliphatic heterocycles. The molecule has 2 aromatic rings. The van der Waals surface area contributed by atoms with Gasteiger partial charge in [0.1, 0.15) is 5.69 Å². The molecule has 106 valence electrons. The third-order valence-electron chi connectivity index (χ3n) is 3.26. The van der Waals surface area contributed by atoms with Crippen LogP contribution in [-0.4, -0.2) is 29.0 Å². The first-order valence-corrected chi connectivity index (χ1v) is 7.34. The summed E-state index contributed by atoms with van der Waals surface area (Å²) in [6.45, 7) is 0.893. The average molecular weight is 300 g/mol. The second-order valence-electron chi connectivity index (χ2n) is 4.72. The van der Waals surface area contributed by atoms with E-state index in [1.165, 1.54) is 11.3 Å². The number of pyridine rings is 1. The summed E-state index contributed by atoms with van der Waals surface area (Å²) in [5, 5.41) is 6.11. The van der Waals surface area contributed by atoms with E-state index in [0.29, 0.717) is 24.6 Å². The molecule has 1 fully saturated rings. The van der Waals surface area contributed by atoms with Gasteiger partial charge >= 0.3 is 0 Å². The van der Waals surface area contributed by atoms with Crippen LogP contribution in [-0.2, 0) is 4.79 Å². The van der Waals surface area contributed by atoms with Gasteiger partial charge in [-0.25, -0.2) is 4.98 Å². The van der Waals surface area contributed by atoms with Crippen molar-refractivity contribution in [3.05, 3.63) is 40.2 Å². The zero-order valence-electron chi connectivity index (χ0n) is 11.1. The van der Waals surface area contributed by atoms with Crippen LogP contribution in [0.5, 0.6) is 0 Å². The molecular weight excluding hydrogens is 288 g/mol. The van der Waals surface area contributed by atoms with Gasteiger partial charge in [0.25, 0.3) is 0 Å². The Morgan fingerprint density at radius 2 is 2.38 bits per heavy atom. The molecule has 7 nitrogen and oxygen atoms in total. The van der Waals surface area contributed by atoms with Gasteiger partial charge in [-0.05, 0) is 23.6 Å². The number of thiazole rings is 1. The van der Waals surface area contributed by atoms with Crippen LogP contribution < -0.4 is 4.90 Å². The summed E-state index contributed by atoms with van der Waals surface area (Å²) in [4.78, 5) is 25.2. The van der Waals surface area contributed by atoms with Gasteiger partial charge in [0, 0.05) is 36.0 Å². The van der Waals surface area contributed by atoms with E-state index in [1.807, 2.05) is 23.6 Å². The molecule has 3 heterocycles. The lowest BCUT2D eigenvalue weighted by Gasteiger charge is -2.11. The Hall–Kier alpha value is -2.44. The minimum atomic E-state index is 0.0232. The van der Waals surface area contributed by atoms with Gasteiger partial charge in [-0.1, -0.05) is 11.2 Å². The highest BCUT2D eigenvalue weighted by Gasteiger charge is 2.31. The van der Waals surface area contributed by atoms with Crippen LogP contribution in [0.2, 0.25) is 0 Å². The van der Waals surface area contributed by atoms with E-state index in [9.17, 15) is 4.79 Å². The Balaban J connectivity index is 1.77. The number of azide groups is 1. The van der Waals surface area contributed by atoms with Crippen molar-refractivity contribution in [2.24, 2.45) is 11.0 Å². The second-order valence-corrected chi connectivity index (χ2v) is 5.55. The number of hydrogen-bond donors (Lipinski definition) is 0. The standard InChI is InChI=1S/C13H12N6OS/c14-18-16-6-9-5-12(20)19(7-9)13-17-11(8-21-13)10-3-1-2-4-15-10/h1-4,8-9H,5-7H2. The van der Waals surface area contributed by atoms with Crippen LogP contribution in [0.25, 0.3) is 21.8 Å². The fourth-order valence-corrected chi connectivity index (χ4v) is 3.11. The quantitative estimate of drug-likeness (QED) is 0.493. The number of aromatic nitrogens is 2. The molecule has 0 bridgehead atoms. The molecule has 0 spiro atoms. The predicted molar refractivity (Wildman–Crippen MR) is 79.8 cm³/mol. The first-order valence-electron chi connectivity index (χ1n) is 6.46. The molecule has 0 aliphatic carbocycles. The van der Waals surface area contributed by atoms with Crippen molar-refractivity contribution in [3.63, 3.8) is 0 Å². The SMILES string of the molecule is [N-]=[N+]=NCC1CC(=O)N(c2nc(-c3ccccn3)cs2)C1. The normalized spacial score (nSPS) is 17.8. The van der Waals surface area contributed by atoms with Crippen molar-refractivity contribution in [1.29, 1.82) is 0 Å². The van der Waals surface area contributed by atoms with Crippen molar-refractivity contribution in [1.82, 2.24) is 9.97 Å². The van der Waals surface area contributed by atoms with E-state index in [0.717, 1.165) is 11.4 Å². The topological polar surface area (TPSA) is 94.9 Å². The summed E-state index contributed by atoms with van der Waals surface area (Å²) in [7, 11) is 0. The zero-order chi connectivity index (χ0) is 14.7. The number of carbonyl (C=O) groups excluding carboxylic acids is 1. The molecule has 1 saturated heterocycles. The second kappa shape index (κ2) is 5.90. The van der Waals surface area contributed by atoms with E-state index in [2.05, 4.69) is 20.0 Å². The van der Waals surface area contributed by atoms with E-state index in [-0.39, 0.29) is 11.8 Å². The van der Waals surface area contributed by atoms with Crippen molar-refractivity contribution < 1.29 is 4.79 Å². The Morgan fingerprint density at radius 3 is 3.14 bits per heavy atom. The maximum atomic E-state index is 12.0. The third-order valence-corrected chi connectivity index (χ3v) is 4.12. The summed E-state index contributed by atoms with van der Waals surface area (Å²) >= 11 is 1.42. The summed E-state index contributed by atoms with van der Waals surface area (Å²) in [6.07, 6.45) is 2.11. The summed E-state index contributed by atoms with van der Waals surface area (Å²) in [5.41, 5.74) is 9.90. The highest BCUT2D eigenvalue weighted by molar-refractivity contribution is 7.14. The predicted octanol–water partition coefficient (Wildman–Crippen LogP) is 2.87. The molecule has 8 heteroatoms. The highest BCUT2D eigenvalue weighted by Crippen LogP contribution is 2.30. The molecule has 1 unspecified atom stereocenters. The minimum absolute atomic E-state index is 0.0232. The Kier molecular flexibility index (Phi) is 3.81. The molecule has 0 N–H and O–H groups in total. The lowest BCUT2D eigenvalue weighted by Crippen LogP contribution is -2.24.